The van der Waals surface area contributed by atoms with E-state index in [1.165, 1.54) is 0 Å². The lowest BCUT2D eigenvalue weighted by Gasteiger charge is -2.22. The second-order valence-corrected chi connectivity index (χ2v) is 4.84. The summed E-state index contributed by atoms with van der Waals surface area (Å²) in [5.74, 6) is 0. The molecule has 0 N–H and O–H groups in total. The summed E-state index contributed by atoms with van der Waals surface area (Å²) in [5, 5.41) is 17.5. The molecule has 96 valence electrons. The molecule has 0 aliphatic rings. The zero-order valence-corrected chi connectivity index (χ0v) is 11.2. The monoisotopic (exact) mass is 237 g/mol. The van der Waals surface area contributed by atoms with Crippen molar-refractivity contribution in [3.05, 3.63) is 0 Å². The average Bonchev–Trinajstić information content (AvgIpc) is 2.31. The van der Waals surface area contributed by atoms with Crippen LogP contribution in [0.2, 0.25) is 0 Å². The number of rotatable bonds is 9. The van der Waals surface area contributed by atoms with E-state index in [-0.39, 0.29) is 5.41 Å². The van der Waals surface area contributed by atoms with Crippen molar-refractivity contribution in [3.63, 3.8) is 0 Å². The van der Waals surface area contributed by atoms with Gasteiger partial charge in [-0.15, -0.1) is 0 Å². The molecule has 4 heteroatoms. The first-order chi connectivity index (χ1) is 8.05. The van der Waals surface area contributed by atoms with Gasteiger partial charge in [-0.2, -0.15) is 10.5 Å². The summed E-state index contributed by atoms with van der Waals surface area (Å²) in [7, 11) is 1.68. The van der Waals surface area contributed by atoms with E-state index in [0.717, 1.165) is 32.5 Å². The summed E-state index contributed by atoms with van der Waals surface area (Å²) >= 11 is 0. The van der Waals surface area contributed by atoms with Crippen LogP contribution < -0.4 is 0 Å². The van der Waals surface area contributed by atoms with E-state index in [4.69, 9.17) is 15.3 Å². The highest BCUT2D eigenvalue weighted by atomic mass is 16.5. The predicted molar refractivity (Wildman–Crippen MR) is 67.2 cm³/mol. The van der Waals surface area contributed by atoms with Crippen LogP contribution in [0.25, 0.3) is 0 Å². The maximum Gasteiger partial charge on any atom is 0.0683 e. The summed E-state index contributed by atoms with van der Waals surface area (Å²) in [6, 6.07) is 4.46. The van der Waals surface area contributed by atoms with Crippen LogP contribution in [0, 0.1) is 28.1 Å². The second kappa shape index (κ2) is 8.98. The van der Waals surface area contributed by atoms with Crippen LogP contribution in [0.15, 0.2) is 0 Å². The first-order valence-electron chi connectivity index (χ1n) is 6.05. The first kappa shape index (κ1) is 15.9. The molecule has 0 amide bonds. The average molecular weight is 237 g/mol. The molecule has 0 radical (unpaired) electrons. The zero-order valence-electron chi connectivity index (χ0n) is 11.2. The Morgan fingerprint density at radius 1 is 1.18 bits per heavy atom. The fraction of sp³-hybridized carbons (Fsp3) is 0.846. The number of hydrogen-bond donors (Lipinski definition) is 0. The molecule has 17 heavy (non-hydrogen) atoms. The van der Waals surface area contributed by atoms with E-state index in [9.17, 15) is 0 Å². The van der Waals surface area contributed by atoms with Gasteiger partial charge in [0.05, 0.1) is 24.2 Å². The predicted octanol–water partition coefficient (Wildman–Crippen LogP) is 2.18. The summed E-state index contributed by atoms with van der Waals surface area (Å²) in [4.78, 5) is 2.22. The maximum atomic E-state index is 8.92. The van der Waals surface area contributed by atoms with E-state index in [2.05, 4.69) is 17.0 Å². The minimum absolute atomic E-state index is 0.248. The van der Waals surface area contributed by atoms with Gasteiger partial charge < -0.3 is 9.64 Å². The van der Waals surface area contributed by atoms with E-state index >= 15 is 0 Å². The van der Waals surface area contributed by atoms with Gasteiger partial charge in [-0.05, 0) is 33.2 Å². The smallest absolute Gasteiger partial charge is 0.0683 e. The van der Waals surface area contributed by atoms with Crippen LogP contribution in [0.1, 0.15) is 33.1 Å². The highest BCUT2D eigenvalue weighted by Crippen LogP contribution is 2.20. The third-order valence-corrected chi connectivity index (χ3v) is 2.73. The lowest BCUT2D eigenvalue weighted by atomic mass is 9.90. The molecular weight excluding hydrogens is 214 g/mol. The van der Waals surface area contributed by atoms with Gasteiger partial charge in [-0.1, -0.05) is 0 Å². The molecule has 0 saturated carbocycles. The van der Waals surface area contributed by atoms with Gasteiger partial charge in [0.25, 0.3) is 0 Å². The number of nitrogens with zero attached hydrogens (tertiary/aromatic N) is 3. The van der Waals surface area contributed by atoms with Gasteiger partial charge in [0.2, 0.25) is 0 Å². The molecule has 0 rings (SSSR count). The SMILES string of the molecule is COCCN(CCC#N)CCCC(C)(C)C#N. The minimum atomic E-state index is -0.248. The number of ether oxygens (including phenoxy) is 1. The molecule has 0 atom stereocenters. The Morgan fingerprint density at radius 2 is 1.88 bits per heavy atom. The Bertz CT molecular complexity index is 275. The Morgan fingerprint density at radius 3 is 2.41 bits per heavy atom. The van der Waals surface area contributed by atoms with Crippen LogP contribution in [-0.4, -0.2) is 38.3 Å². The van der Waals surface area contributed by atoms with E-state index < -0.39 is 0 Å². The summed E-state index contributed by atoms with van der Waals surface area (Å²) in [5.41, 5.74) is -0.248. The number of nitriles is 2. The van der Waals surface area contributed by atoms with Crippen molar-refractivity contribution in [1.82, 2.24) is 4.90 Å². The number of methoxy groups -OCH3 is 1. The topological polar surface area (TPSA) is 60.0 Å². The second-order valence-electron chi connectivity index (χ2n) is 4.84. The molecular formula is C13H23N3O. The fourth-order valence-corrected chi connectivity index (χ4v) is 1.56. The molecule has 0 heterocycles. The molecule has 0 saturated heterocycles. The maximum absolute atomic E-state index is 8.92. The van der Waals surface area contributed by atoms with Crippen LogP contribution in [0.4, 0.5) is 0 Å². The lowest BCUT2D eigenvalue weighted by Crippen LogP contribution is -2.30. The standard InChI is InChI=1S/C13H23N3O/c1-13(2,12-15)6-4-8-16(9-5-7-14)10-11-17-3/h4-6,8-11H2,1-3H3. The summed E-state index contributed by atoms with van der Waals surface area (Å²) in [6.07, 6.45) is 2.42. The fourth-order valence-electron chi connectivity index (χ4n) is 1.56. The van der Waals surface area contributed by atoms with E-state index in [1.807, 2.05) is 13.8 Å². The molecule has 0 aliphatic carbocycles. The molecule has 0 bridgehead atoms. The van der Waals surface area contributed by atoms with Gasteiger partial charge >= 0.3 is 0 Å². The van der Waals surface area contributed by atoms with E-state index in [1.54, 1.807) is 7.11 Å². The van der Waals surface area contributed by atoms with Crippen LogP contribution in [0.5, 0.6) is 0 Å². The number of hydrogen-bond acceptors (Lipinski definition) is 4. The van der Waals surface area contributed by atoms with Crippen molar-refractivity contribution in [3.8, 4) is 12.1 Å². The van der Waals surface area contributed by atoms with Gasteiger partial charge in [0.1, 0.15) is 0 Å². The van der Waals surface area contributed by atoms with E-state index in [0.29, 0.717) is 13.0 Å². The van der Waals surface area contributed by atoms with Gasteiger partial charge in [0.15, 0.2) is 0 Å². The third-order valence-electron chi connectivity index (χ3n) is 2.73. The molecule has 0 aromatic rings. The van der Waals surface area contributed by atoms with Crippen molar-refractivity contribution in [2.24, 2.45) is 5.41 Å². The van der Waals surface area contributed by atoms with Crippen molar-refractivity contribution >= 4 is 0 Å². The van der Waals surface area contributed by atoms with Crippen molar-refractivity contribution in [2.75, 3.05) is 33.4 Å². The Balaban J connectivity index is 3.91. The molecule has 0 aliphatic heterocycles. The van der Waals surface area contributed by atoms with Crippen molar-refractivity contribution in [2.45, 2.75) is 33.1 Å². The van der Waals surface area contributed by atoms with Crippen molar-refractivity contribution < 1.29 is 4.74 Å². The zero-order chi connectivity index (χ0) is 13.1. The van der Waals surface area contributed by atoms with Gasteiger partial charge in [-0.3, -0.25) is 0 Å². The van der Waals surface area contributed by atoms with Crippen LogP contribution in [-0.2, 0) is 4.74 Å². The Kier molecular flexibility index (Phi) is 8.40. The molecule has 0 spiro atoms. The first-order valence-corrected chi connectivity index (χ1v) is 6.05. The van der Waals surface area contributed by atoms with Crippen LogP contribution >= 0.6 is 0 Å². The molecule has 0 fully saturated rings. The summed E-state index contributed by atoms with van der Waals surface area (Å²) in [6.45, 7) is 7.17. The minimum Gasteiger partial charge on any atom is -0.383 e. The Hall–Kier alpha value is -1.10. The van der Waals surface area contributed by atoms with Crippen LogP contribution in [0.3, 0.4) is 0 Å². The third kappa shape index (κ3) is 8.68. The molecule has 4 nitrogen and oxygen atoms in total. The molecule has 0 aromatic carbocycles. The largest absolute Gasteiger partial charge is 0.383 e. The highest BCUT2D eigenvalue weighted by molar-refractivity contribution is 4.91. The van der Waals surface area contributed by atoms with Gasteiger partial charge in [-0.25, -0.2) is 0 Å². The molecule has 0 unspecified atom stereocenters. The normalized spacial score (nSPS) is 11.2. The summed E-state index contributed by atoms with van der Waals surface area (Å²) < 4.78 is 5.04. The Labute approximate surface area is 105 Å². The lowest BCUT2D eigenvalue weighted by molar-refractivity contribution is 0.146. The van der Waals surface area contributed by atoms with Gasteiger partial charge in [0, 0.05) is 26.6 Å². The van der Waals surface area contributed by atoms with Crippen molar-refractivity contribution in [1.29, 1.82) is 10.5 Å². The highest BCUT2D eigenvalue weighted by Gasteiger charge is 2.16. The quantitative estimate of drug-likeness (QED) is 0.616. The molecule has 0 aromatic heterocycles.